The molecule has 0 saturated carbocycles. The number of nitro benzene ring substituents is 1. The Hall–Kier alpha value is -2.41. The van der Waals surface area contributed by atoms with Crippen molar-refractivity contribution >= 4 is 11.6 Å². The minimum absolute atomic E-state index is 0.148. The van der Waals surface area contributed by atoms with Crippen molar-refractivity contribution in [2.24, 2.45) is 0 Å². The molecule has 0 aliphatic heterocycles. The Bertz CT molecular complexity index is 515. The molecule has 0 aromatic heterocycles. The number of amides is 1. The molecule has 108 valence electrons. The summed E-state index contributed by atoms with van der Waals surface area (Å²) in [6.45, 7) is 4.92. The monoisotopic (exact) mass is 280 g/mol. The molecule has 7 nitrogen and oxygen atoms in total. The largest absolute Gasteiger partial charge is 0.481 e. The SMILES string of the molecule is C=CCNC(=O)C(C)Oc1ccc([N+](=O)[O-])cc1CO. The fraction of sp³-hybridized carbons (Fsp3) is 0.308. The average molecular weight is 280 g/mol. The van der Waals surface area contributed by atoms with E-state index >= 15 is 0 Å². The maximum Gasteiger partial charge on any atom is 0.270 e. The number of aliphatic hydroxyl groups is 1. The highest BCUT2D eigenvalue weighted by atomic mass is 16.6. The molecule has 1 aromatic carbocycles. The second kappa shape index (κ2) is 7.25. The van der Waals surface area contributed by atoms with Crippen molar-refractivity contribution in [1.82, 2.24) is 5.32 Å². The van der Waals surface area contributed by atoms with E-state index in [1.165, 1.54) is 24.3 Å². The number of nitrogens with zero attached hydrogens (tertiary/aromatic N) is 1. The van der Waals surface area contributed by atoms with Crippen LogP contribution in [0.25, 0.3) is 0 Å². The van der Waals surface area contributed by atoms with Gasteiger partial charge in [0.15, 0.2) is 6.10 Å². The highest BCUT2D eigenvalue weighted by Crippen LogP contribution is 2.25. The van der Waals surface area contributed by atoms with Crippen LogP contribution in [0.4, 0.5) is 5.69 Å². The van der Waals surface area contributed by atoms with E-state index in [-0.39, 0.29) is 22.9 Å². The molecule has 0 saturated heterocycles. The average Bonchev–Trinajstić information content (AvgIpc) is 2.44. The van der Waals surface area contributed by atoms with Crippen LogP contribution in [-0.4, -0.2) is 28.6 Å². The molecule has 0 bridgehead atoms. The number of ether oxygens (including phenoxy) is 1. The standard InChI is InChI=1S/C13H16N2O5/c1-3-6-14-13(17)9(2)20-12-5-4-11(15(18)19)7-10(12)8-16/h3-5,7,9,16H,1,6,8H2,2H3,(H,14,17). The van der Waals surface area contributed by atoms with E-state index in [1.807, 2.05) is 0 Å². The number of carbonyl (C=O) groups excluding carboxylic acids is 1. The van der Waals surface area contributed by atoms with E-state index in [2.05, 4.69) is 11.9 Å². The van der Waals surface area contributed by atoms with Gasteiger partial charge in [0.1, 0.15) is 5.75 Å². The Morgan fingerprint density at radius 3 is 2.90 bits per heavy atom. The first-order valence-corrected chi connectivity index (χ1v) is 5.93. The number of hydrogen-bond acceptors (Lipinski definition) is 5. The number of aliphatic hydroxyl groups excluding tert-OH is 1. The minimum atomic E-state index is -0.790. The van der Waals surface area contributed by atoms with Crippen molar-refractivity contribution < 1.29 is 19.6 Å². The van der Waals surface area contributed by atoms with Gasteiger partial charge >= 0.3 is 0 Å². The topological polar surface area (TPSA) is 102 Å². The Kier molecular flexibility index (Phi) is 5.67. The van der Waals surface area contributed by atoms with Gasteiger partial charge in [0.2, 0.25) is 0 Å². The van der Waals surface area contributed by atoms with Crippen LogP contribution < -0.4 is 10.1 Å². The van der Waals surface area contributed by atoms with Crippen LogP contribution in [0.5, 0.6) is 5.75 Å². The predicted molar refractivity (Wildman–Crippen MR) is 72.3 cm³/mol. The molecular weight excluding hydrogens is 264 g/mol. The van der Waals surface area contributed by atoms with Crippen LogP contribution in [0.3, 0.4) is 0 Å². The molecule has 0 spiro atoms. The Morgan fingerprint density at radius 2 is 2.35 bits per heavy atom. The van der Waals surface area contributed by atoms with Crippen LogP contribution in [-0.2, 0) is 11.4 Å². The number of nitro groups is 1. The molecule has 7 heteroatoms. The van der Waals surface area contributed by atoms with Gasteiger partial charge in [0.05, 0.1) is 11.5 Å². The molecule has 0 aliphatic rings. The normalized spacial score (nSPS) is 11.5. The number of hydrogen-bond donors (Lipinski definition) is 2. The molecule has 1 unspecified atom stereocenters. The predicted octanol–water partition coefficient (Wildman–Crippen LogP) is 1.16. The summed E-state index contributed by atoms with van der Waals surface area (Å²) in [5, 5.41) is 22.4. The second-order valence-corrected chi connectivity index (χ2v) is 4.00. The molecule has 1 amide bonds. The van der Waals surface area contributed by atoms with Crippen molar-refractivity contribution in [1.29, 1.82) is 0 Å². The van der Waals surface area contributed by atoms with Crippen molar-refractivity contribution in [3.63, 3.8) is 0 Å². The number of rotatable bonds is 7. The van der Waals surface area contributed by atoms with Crippen molar-refractivity contribution in [3.05, 3.63) is 46.5 Å². The van der Waals surface area contributed by atoms with E-state index in [4.69, 9.17) is 4.74 Å². The fourth-order valence-electron chi connectivity index (χ4n) is 1.48. The lowest BCUT2D eigenvalue weighted by atomic mass is 10.2. The maximum absolute atomic E-state index is 11.6. The Balaban J connectivity index is 2.83. The summed E-state index contributed by atoms with van der Waals surface area (Å²) in [7, 11) is 0. The minimum Gasteiger partial charge on any atom is -0.481 e. The van der Waals surface area contributed by atoms with E-state index in [0.29, 0.717) is 6.54 Å². The molecule has 1 aromatic rings. The zero-order chi connectivity index (χ0) is 15.1. The molecule has 1 atom stereocenters. The van der Waals surface area contributed by atoms with Gasteiger partial charge < -0.3 is 15.2 Å². The summed E-state index contributed by atoms with van der Waals surface area (Å²) in [6.07, 6.45) is 0.747. The summed E-state index contributed by atoms with van der Waals surface area (Å²) in [5.41, 5.74) is 0.104. The zero-order valence-corrected chi connectivity index (χ0v) is 11.0. The second-order valence-electron chi connectivity index (χ2n) is 4.00. The summed E-state index contributed by atoms with van der Waals surface area (Å²) < 4.78 is 5.40. The lowest BCUT2D eigenvalue weighted by Gasteiger charge is -2.16. The molecule has 0 aliphatic carbocycles. The lowest BCUT2D eigenvalue weighted by Crippen LogP contribution is -2.36. The van der Waals surface area contributed by atoms with Crippen molar-refractivity contribution in [2.45, 2.75) is 19.6 Å². The first kappa shape index (κ1) is 15.6. The molecule has 0 heterocycles. The maximum atomic E-state index is 11.6. The lowest BCUT2D eigenvalue weighted by molar-refractivity contribution is -0.385. The molecule has 20 heavy (non-hydrogen) atoms. The molecular formula is C13H16N2O5. The van der Waals surface area contributed by atoms with Crippen LogP contribution in [0, 0.1) is 10.1 Å². The number of nitrogens with one attached hydrogen (secondary N) is 1. The Morgan fingerprint density at radius 1 is 1.65 bits per heavy atom. The highest BCUT2D eigenvalue weighted by molar-refractivity contribution is 5.80. The first-order valence-electron chi connectivity index (χ1n) is 5.93. The molecule has 0 radical (unpaired) electrons. The quantitative estimate of drug-likeness (QED) is 0.443. The summed E-state index contributed by atoms with van der Waals surface area (Å²) >= 11 is 0. The van der Waals surface area contributed by atoms with Crippen molar-refractivity contribution in [3.8, 4) is 5.75 Å². The van der Waals surface area contributed by atoms with Crippen LogP contribution in [0.15, 0.2) is 30.9 Å². The van der Waals surface area contributed by atoms with E-state index in [1.54, 1.807) is 6.92 Å². The van der Waals surface area contributed by atoms with Gasteiger partial charge in [-0.3, -0.25) is 14.9 Å². The van der Waals surface area contributed by atoms with Gasteiger partial charge in [-0.25, -0.2) is 0 Å². The number of carbonyl (C=O) groups is 1. The molecule has 0 fully saturated rings. The van der Waals surface area contributed by atoms with Gasteiger partial charge in [-0.1, -0.05) is 6.08 Å². The fourth-order valence-corrected chi connectivity index (χ4v) is 1.48. The molecule has 1 rings (SSSR count). The Labute approximate surface area is 116 Å². The van der Waals surface area contributed by atoms with Gasteiger partial charge in [-0.15, -0.1) is 6.58 Å². The highest BCUT2D eigenvalue weighted by Gasteiger charge is 2.17. The van der Waals surface area contributed by atoms with Gasteiger partial charge in [0.25, 0.3) is 11.6 Å². The molecule has 2 N–H and O–H groups in total. The third kappa shape index (κ3) is 4.06. The van der Waals surface area contributed by atoms with Crippen LogP contribution in [0.1, 0.15) is 12.5 Å². The van der Waals surface area contributed by atoms with Gasteiger partial charge in [-0.05, 0) is 13.0 Å². The number of benzene rings is 1. The number of non-ortho nitro benzene ring substituents is 1. The van der Waals surface area contributed by atoms with Crippen molar-refractivity contribution in [2.75, 3.05) is 6.54 Å². The summed E-state index contributed by atoms with van der Waals surface area (Å²) in [4.78, 5) is 21.7. The third-order valence-electron chi connectivity index (χ3n) is 2.52. The van der Waals surface area contributed by atoms with E-state index in [9.17, 15) is 20.0 Å². The van der Waals surface area contributed by atoms with E-state index < -0.39 is 17.6 Å². The van der Waals surface area contributed by atoms with Gasteiger partial charge in [-0.2, -0.15) is 0 Å². The summed E-state index contributed by atoms with van der Waals surface area (Å²) in [5.74, 6) is -0.105. The third-order valence-corrected chi connectivity index (χ3v) is 2.52. The van der Waals surface area contributed by atoms with Gasteiger partial charge in [0, 0.05) is 24.2 Å². The van der Waals surface area contributed by atoms with Crippen LogP contribution in [0.2, 0.25) is 0 Å². The first-order chi connectivity index (χ1) is 9.49. The van der Waals surface area contributed by atoms with Crippen LogP contribution >= 0.6 is 0 Å². The zero-order valence-electron chi connectivity index (χ0n) is 11.0. The van der Waals surface area contributed by atoms with E-state index in [0.717, 1.165) is 0 Å². The smallest absolute Gasteiger partial charge is 0.270 e. The summed E-state index contributed by atoms with van der Waals surface area (Å²) in [6, 6.07) is 3.83.